The summed E-state index contributed by atoms with van der Waals surface area (Å²) < 4.78 is 0. The van der Waals surface area contributed by atoms with E-state index in [9.17, 15) is 0 Å². The van der Waals surface area contributed by atoms with Gasteiger partial charge in [-0.2, -0.15) is 5.10 Å². The molecule has 3 rings (SSSR count). The first-order valence-electron chi connectivity index (χ1n) is 7.30. The first kappa shape index (κ1) is 12.2. The Morgan fingerprint density at radius 3 is 3.00 bits per heavy atom. The lowest BCUT2D eigenvalue weighted by molar-refractivity contribution is 0.320. The number of nitrogens with one attached hydrogen (secondary N) is 3. The number of aromatic nitrogens is 2. The molecule has 1 aromatic rings. The van der Waals surface area contributed by atoms with Gasteiger partial charge in [-0.15, -0.1) is 0 Å². The van der Waals surface area contributed by atoms with E-state index in [2.05, 4.69) is 27.8 Å². The number of nitrogens with zero attached hydrogens (tertiary/aromatic N) is 1. The van der Waals surface area contributed by atoms with Crippen molar-refractivity contribution < 1.29 is 0 Å². The number of aromatic amines is 1. The quantitative estimate of drug-likeness (QED) is 0.760. The minimum atomic E-state index is 0.690. The first-order valence-corrected chi connectivity index (χ1v) is 7.30. The van der Waals surface area contributed by atoms with Crippen LogP contribution in [0.4, 0.5) is 0 Å². The van der Waals surface area contributed by atoms with Crippen LogP contribution >= 0.6 is 0 Å². The van der Waals surface area contributed by atoms with Gasteiger partial charge in [-0.3, -0.25) is 5.10 Å². The topological polar surface area (TPSA) is 52.7 Å². The van der Waals surface area contributed by atoms with E-state index >= 15 is 0 Å². The molecule has 4 nitrogen and oxygen atoms in total. The van der Waals surface area contributed by atoms with Gasteiger partial charge in [-0.05, 0) is 45.1 Å². The summed E-state index contributed by atoms with van der Waals surface area (Å²) in [6.07, 6.45) is 8.77. The van der Waals surface area contributed by atoms with E-state index in [-0.39, 0.29) is 0 Å². The Hall–Kier alpha value is -0.870. The smallest absolute Gasteiger partial charge is 0.0535 e. The fourth-order valence-corrected chi connectivity index (χ4v) is 3.60. The molecule has 3 unspecified atom stereocenters. The average molecular weight is 248 g/mol. The van der Waals surface area contributed by atoms with Crippen LogP contribution in [0.15, 0.2) is 6.20 Å². The molecular weight excluding hydrogens is 224 g/mol. The van der Waals surface area contributed by atoms with Crippen LogP contribution in [0.25, 0.3) is 0 Å². The van der Waals surface area contributed by atoms with Crippen molar-refractivity contribution in [2.24, 2.45) is 5.92 Å². The maximum absolute atomic E-state index is 4.09. The van der Waals surface area contributed by atoms with Crippen molar-refractivity contribution in [1.29, 1.82) is 0 Å². The summed E-state index contributed by atoms with van der Waals surface area (Å²) >= 11 is 0. The molecule has 2 heterocycles. The van der Waals surface area contributed by atoms with Crippen LogP contribution in [0, 0.1) is 12.8 Å². The summed E-state index contributed by atoms with van der Waals surface area (Å²) in [5.74, 6) is 0.833. The molecule has 0 spiro atoms. The van der Waals surface area contributed by atoms with Crippen molar-refractivity contribution >= 4 is 0 Å². The fourth-order valence-electron chi connectivity index (χ4n) is 3.60. The summed E-state index contributed by atoms with van der Waals surface area (Å²) in [7, 11) is 0. The van der Waals surface area contributed by atoms with Gasteiger partial charge in [0.25, 0.3) is 0 Å². The van der Waals surface area contributed by atoms with Crippen LogP contribution in [0.5, 0.6) is 0 Å². The van der Waals surface area contributed by atoms with Crippen molar-refractivity contribution in [3.63, 3.8) is 0 Å². The summed E-state index contributed by atoms with van der Waals surface area (Å²) in [5.41, 5.74) is 2.50. The predicted molar refractivity (Wildman–Crippen MR) is 72.3 cm³/mol. The van der Waals surface area contributed by atoms with Gasteiger partial charge in [-0.25, -0.2) is 0 Å². The van der Waals surface area contributed by atoms with Gasteiger partial charge in [-0.1, -0.05) is 6.42 Å². The van der Waals surface area contributed by atoms with Crippen molar-refractivity contribution in [2.75, 3.05) is 6.54 Å². The van der Waals surface area contributed by atoms with E-state index in [1.165, 1.54) is 49.9 Å². The number of H-pyrrole nitrogens is 1. The van der Waals surface area contributed by atoms with Gasteiger partial charge in [0.05, 0.1) is 6.20 Å². The highest BCUT2D eigenvalue weighted by Crippen LogP contribution is 2.32. The zero-order valence-corrected chi connectivity index (χ0v) is 11.2. The Bertz CT molecular complexity index is 381. The van der Waals surface area contributed by atoms with Crippen LogP contribution in [-0.2, 0) is 6.54 Å². The molecule has 0 bridgehead atoms. The summed E-state index contributed by atoms with van der Waals surface area (Å²) in [4.78, 5) is 0. The Labute approximate surface area is 109 Å². The maximum Gasteiger partial charge on any atom is 0.0535 e. The van der Waals surface area contributed by atoms with Crippen molar-refractivity contribution in [1.82, 2.24) is 20.8 Å². The molecule has 0 aromatic carbocycles. The van der Waals surface area contributed by atoms with Gasteiger partial charge in [0, 0.05) is 29.9 Å². The molecule has 0 amide bonds. The van der Waals surface area contributed by atoms with E-state index in [0.29, 0.717) is 6.04 Å². The van der Waals surface area contributed by atoms with Gasteiger partial charge in [0.1, 0.15) is 0 Å². The second-order valence-corrected chi connectivity index (χ2v) is 5.81. The summed E-state index contributed by atoms with van der Waals surface area (Å²) in [6.45, 7) is 4.26. The highest BCUT2D eigenvalue weighted by molar-refractivity contribution is 5.14. The lowest BCUT2D eigenvalue weighted by atomic mass is 9.93. The molecule has 2 fully saturated rings. The Morgan fingerprint density at radius 1 is 1.33 bits per heavy atom. The number of hydrogen-bond acceptors (Lipinski definition) is 3. The molecule has 2 aliphatic rings. The minimum Gasteiger partial charge on any atom is -0.314 e. The van der Waals surface area contributed by atoms with Crippen molar-refractivity contribution in [2.45, 2.75) is 57.7 Å². The molecule has 18 heavy (non-hydrogen) atoms. The highest BCUT2D eigenvalue weighted by atomic mass is 15.1. The Kier molecular flexibility index (Phi) is 3.66. The predicted octanol–water partition coefficient (Wildman–Crippen LogP) is 1.73. The van der Waals surface area contributed by atoms with Crippen molar-refractivity contribution in [3.8, 4) is 0 Å². The monoisotopic (exact) mass is 248 g/mol. The van der Waals surface area contributed by atoms with Crippen LogP contribution < -0.4 is 10.6 Å². The van der Waals surface area contributed by atoms with E-state index in [1.54, 1.807) is 0 Å². The molecule has 4 heteroatoms. The largest absolute Gasteiger partial charge is 0.314 e. The molecule has 1 saturated carbocycles. The average Bonchev–Trinajstić information content (AvgIpc) is 3.07. The van der Waals surface area contributed by atoms with Crippen LogP contribution in [0.3, 0.4) is 0 Å². The number of aryl methyl sites for hydroxylation is 1. The molecule has 3 atom stereocenters. The van der Waals surface area contributed by atoms with E-state index < -0.39 is 0 Å². The molecule has 1 aromatic heterocycles. The van der Waals surface area contributed by atoms with Crippen LogP contribution in [0.1, 0.15) is 43.4 Å². The lowest BCUT2D eigenvalue weighted by Crippen LogP contribution is -2.41. The normalized spacial score (nSPS) is 32.2. The van der Waals surface area contributed by atoms with Gasteiger partial charge >= 0.3 is 0 Å². The second kappa shape index (κ2) is 5.41. The lowest BCUT2D eigenvalue weighted by Gasteiger charge is -2.26. The van der Waals surface area contributed by atoms with Crippen molar-refractivity contribution in [3.05, 3.63) is 17.5 Å². The minimum absolute atomic E-state index is 0.690. The SMILES string of the molecule is Cc1[nH]ncc1CNC1CCCC1C1CCCN1. The third-order valence-electron chi connectivity index (χ3n) is 4.67. The van der Waals surface area contributed by atoms with Gasteiger partial charge < -0.3 is 10.6 Å². The maximum atomic E-state index is 4.09. The highest BCUT2D eigenvalue weighted by Gasteiger charge is 2.34. The molecule has 1 aliphatic heterocycles. The third kappa shape index (κ3) is 2.45. The molecule has 3 N–H and O–H groups in total. The Morgan fingerprint density at radius 2 is 2.28 bits per heavy atom. The molecular formula is C14H24N4. The Balaban J connectivity index is 1.56. The van der Waals surface area contributed by atoms with E-state index in [1.807, 2.05) is 6.20 Å². The molecule has 1 aliphatic carbocycles. The molecule has 100 valence electrons. The number of hydrogen-bond donors (Lipinski definition) is 3. The van der Waals surface area contributed by atoms with Gasteiger partial charge in [0.15, 0.2) is 0 Å². The fraction of sp³-hybridized carbons (Fsp3) is 0.786. The summed E-state index contributed by atoms with van der Waals surface area (Å²) in [6, 6.07) is 1.45. The molecule has 0 radical (unpaired) electrons. The van der Waals surface area contributed by atoms with Gasteiger partial charge in [0.2, 0.25) is 0 Å². The van der Waals surface area contributed by atoms with E-state index in [4.69, 9.17) is 0 Å². The zero-order valence-electron chi connectivity index (χ0n) is 11.2. The first-order chi connectivity index (χ1) is 8.84. The van der Waals surface area contributed by atoms with Crippen LogP contribution in [0.2, 0.25) is 0 Å². The summed E-state index contributed by atoms with van der Waals surface area (Å²) in [5, 5.41) is 14.5. The molecule has 1 saturated heterocycles. The second-order valence-electron chi connectivity index (χ2n) is 5.81. The zero-order chi connectivity index (χ0) is 12.4. The van der Waals surface area contributed by atoms with Crippen LogP contribution in [-0.4, -0.2) is 28.8 Å². The number of rotatable bonds is 4. The third-order valence-corrected chi connectivity index (χ3v) is 4.67. The van der Waals surface area contributed by atoms with E-state index in [0.717, 1.165) is 18.5 Å². The standard InChI is InChI=1S/C14H24N4/c1-10-11(9-17-18-10)8-16-14-5-2-4-12(14)13-6-3-7-15-13/h9,12-16H,2-8H2,1H3,(H,17,18).